The van der Waals surface area contributed by atoms with Crippen LogP contribution in [0.4, 0.5) is 9.59 Å². The average molecular weight is 617 g/mol. The monoisotopic (exact) mass is 616 g/mol. The minimum atomic E-state index is -0.658. The van der Waals surface area contributed by atoms with Gasteiger partial charge in [-0.1, -0.05) is 0 Å². The van der Waals surface area contributed by atoms with E-state index in [1.807, 2.05) is 20.8 Å². The number of carbonyl (C=O) groups is 3. The van der Waals surface area contributed by atoms with E-state index in [4.69, 9.17) is 20.9 Å². The Morgan fingerprint density at radius 1 is 0.605 bits per heavy atom. The van der Waals surface area contributed by atoms with E-state index in [2.05, 4.69) is 31.9 Å². The number of carbonyl (C=O) groups excluding carboxylic acids is 3. The van der Waals surface area contributed by atoms with E-state index in [1.165, 1.54) is 0 Å². The quantitative estimate of drug-likeness (QED) is 0.0740. The molecular weight excluding hydrogens is 552 g/mol. The standard InChI is InChI=1S/C30H64N8O5/c1-29(2,3)42-27(40)37-24(13-9-15-31)23-35-21-11-19-33-17-7-8-18-34-20-12-22-36-26(39)25(14-10-16-32)38-28(41)43-30(4,5)6/h24-25,33-35H,7-23,31-32H2,1-6H3,(H,36,39)(H,37,40)(H,38,41)/t24-,25-/m0/s1. The highest BCUT2D eigenvalue weighted by Gasteiger charge is 2.24. The first-order valence-corrected chi connectivity index (χ1v) is 16.1. The fourth-order valence-electron chi connectivity index (χ4n) is 4.02. The number of unbranched alkanes of at least 4 members (excludes halogenated alkanes) is 1. The van der Waals surface area contributed by atoms with Gasteiger partial charge in [0.1, 0.15) is 17.2 Å². The predicted molar refractivity (Wildman–Crippen MR) is 173 cm³/mol. The summed E-state index contributed by atoms with van der Waals surface area (Å²) < 4.78 is 10.6. The van der Waals surface area contributed by atoms with Gasteiger partial charge in [-0.25, -0.2) is 9.59 Å². The van der Waals surface area contributed by atoms with Gasteiger partial charge in [-0.15, -0.1) is 0 Å². The zero-order valence-corrected chi connectivity index (χ0v) is 27.9. The summed E-state index contributed by atoms with van der Waals surface area (Å²) >= 11 is 0. The molecule has 0 heterocycles. The van der Waals surface area contributed by atoms with Crippen LogP contribution in [0.15, 0.2) is 0 Å². The average Bonchev–Trinajstić information content (AvgIpc) is 2.89. The molecule has 0 aromatic heterocycles. The van der Waals surface area contributed by atoms with Crippen LogP contribution in [-0.2, 0) is 14.3 Å². The maximum atomic E-state index is 12.5. The lowest BCUT2D eigenvalue weighted by atomic mass is 10.1. The van der Waals surface area contributed by atoms with Gasteiger partial charge in [0.05, 0.1) is 0 Å². The fourth-order valence-corrected chi connectivity index (χ4v) is 4.02. The summed E-state index contributed by atoms with van der Waals surface area (Å²) in [4.78, 5) is 36.7. The van der Waals surface area contributed by atoms with Crippen molar-refractivity contribution in [1.82, 2.24) is 31.9 Å². The Kier molecular flexibility index (Phi) is 22.9. The van der Waals surface area contributed by atoms with Crippen LogP contribution in [-0.4, -0.2) is 100 Å². The number of nitrogens with one attached hydrogen (secondary N) is 6. The minimum absolute atomic E-state index is 0.00505. The molecule has 3 amide bonds. The third-order valence-corrected chi connectivity index (χ3v) is 6.07. The molecule has 13 heteroatoms. The number of ether oxygens (including phenoxy) is 2. The Morgan fingerprint density at radius 3 is 1.60 bits per heavy atom. The van der Waals surface area contributed by atoms with Crippen molar-refractivity contribution in [2.75, 3.05) is 58.9 Å². The Balaban J connectivity index is 3.86. The molecule has 13 nitrogen and oxygen atoms in total. The molecule has 0 fully saturated rings. The van der Waals surface area contributed by atoms with E-state index in [1.54, 1.807) is 20.8 Å². The molecule has 0 saturated heterocycles. The van der Waals surface area contributed by atoms with Crippen molar-refractivity contribution < 1.29 is 23.9 Å². The molecule has 0 bridgehead atoms. The van der Waals surface area contributed by atoms with Crippen molar-refractivity contribution in [3.05, 3.63) is 0 Å². The largest absolute Gasteiger partial charge is 0.444 e. The van der Waals surface area contributed by atoms with Crippen molar-refractivity contribution in [2.24, 2.45) is 11.5 Å². The molecule has 2 atom stereocenters. The number of amides is 3. The van der Waals surface area contributed by atoms with Crippen LogP contribution in [0.2, 0.25) is 0 Å². The van der Waals surface area contributed by atoms with Gasteiger partial charge in [0.15, 0.2) is 0 Å². The van der Waals surface area contributed by atoms with Gasteiger partial charge in [0.2, 0.25) is 5.91 Å². The summed E-state index contributed by atoms with van der Waals surface area (Å²) in [5, 5.41) is 18.8. The Labute approximate surface area is 260 Å². The van der Waals surface area contributed by atoms with Gasteiger partial charge in [-0.05, 0) is 139 Å². The van der Waals surface area contributed by atoms with Gasteiger partial charge < -0.3 is 52.8 Å². The van der Waals surface area contributed by atoms with E-state index < -0.39 is 29.4 Å². The Bertz CT molecular complexity index is 743. The van der Waals surface area contributed by atoms with Crippen LogP contribution >= 0.6 is 0 Å². The van der Waals surface area contributed by atoms with Crippen LogP contribution in [0.3, 0.4) is 0 Å². The second-order valence-electron chi connectivity index (χ2n) is 12.8. The zero-order valence-electron chi connectivity index (χ0n) is 27.9. The topological polar surface area (TPSA) is 194 Å². The summed E-state index contributed by atoms with van der Waals surface area (Å²) in [6.45, 7) is 17.7. The van der Waals surface area contributed by atoms with Gasteiger partial charge in [0.25, 0.3) is 0 Å². The Hall–Kier alpha value is -2.19. The van der Waals surface area contributed by atoms with E-state index in [0.29, 0.717) is 39.0 Å². The van der Waals surface area contributed by atoms with Crippen molar-refractivity contribution in [2.45, 2.75) is 116 Å². The summed E-state index contributed by atoms with van der Waals surface area (Å²) in [5.41, 5.74) is 10.1. The normalized spacial score (nSPS) is 13.2. The smallest absolute Gasteiger partial charge is 0.408 e. The maximum Gasteiger partial charge on any atom is 0.408 e. The van der Waals surface area contributed by atoms with Crippen LogP contribution < -0.4 is 43.4 Å². The lowest BCUT2D eigenvalue weighted by molar-refractivity contribution is -0.123. The molecule has 0 aromatic carbocycles. The first kappa shape index (κ1) is 40.8. The summed E-state index contributed by atoms with van der Waals surface area (Å²) in [6, 6.07) is -0.663. The lowest BCUT2D eigenvalue weighted by Crippen LogP contribution is -2.48. The molecule has 10 N–H and O–H groups in total. The lowest BCUT2D eigenvalue weighted by Gasteiger charge is -2.24. The first-order chi connectivity index (χ1) is 20.3. The van der Waals surface area contributed by atoms with Gasteiger partial charge >= 0.3 is 12.2 Å². The second-order valence-corrected chi connectivity index (χ2v) is 12.8. The fraction of sp³-hybridized carbons (Fsp3) is 0.900. The summed E-state index contributed by atoms with van der Waals surface area (Å²) in [7, 11) is 0. The molecule has 0 aromatic rings. The zero-order chi connectivity index (χ0) is 32.6. The highest BCUT2D eigenvalue weighted by atomic mass is 16.6. The molecule has 43 heavy (non-hydrogen) atoms. The van der Waals surface area contributed by atoms with Crippen molar-refractivity contribution >= 4 is 18.1 Å². The van der Waals surface area contributed by atoms with E-state index >= 15 is 0 Å². The van der Waals surface area contributed by atoms with Gasteiger partial charge in [-0.3, -0.25) is 4.79 Å². The summed E-state index contributed by atoms with van der Waals surface area (Å²) in [5.74, 6) is -0.218. The third kappa shape index (κ3) is 27.1. The molecule has 0 radical (unpaired) electrons. The van der Waals surface area contributed by atoms with Crippen molar-refractivity contribution in [3.8, 4) is 0 Å². The number of hydrogen-bond donors (Lipinski definition) is 8. The molecule has 0 aliphatic heterocycles. The molecule has 0 spiro atoms. The third-order valence-electron chi connectivity index (χ3n) is 6.07. The van der Waals surface area contributed by atoms with Crippen molar-refractivity contribution in [1.29, 1.82) is 0 Å². The summed E-state index contributed by atoms with van der Waals surface area (Å²) in [6.07, 6.45) is 5.71. The number of rotatable bonds is 24. The van der Waals surface area contributed by atoms with Crippen molar-refractivity contribution in [3.63, 3.8) is 0 Å². The van der Waals surface area contributed by atoms with E-state index in [-0.39, 0.29) is 11.9 Å². The first-order valence-electron chi connectivity index (χ1n) is 16.1. The minimum Gasteiger partial charge on any atom is -0.444 e. The molecule has 0 aliphatic carbocycles. The number of hydrogen-bond acceptors (Lipinski definition) is 10. The molecular formula is C30H64N8O5. The van der Waals surface area contributed by atoms with E-state index in [0.717, 1.165) is 71.2 Å². The molecule has 0 rings (SSSR count). The molecule has 254 valence electrons. The van der Waals surface area contributed by atoms with Crippen LogP contribution in [0, 0.1) is 0 Å². The SMILES string of the molecule is CC(C)(C)OC(=O)N[C@@H](CCCN)CNCCCNCCCCNCCCNC(=O)[C@H](CCCN)NC(=O)OC(C)(C)C. The highest BCUT2D eigenvalue weighted by molar-refractivity contribution is 5.85. The van der Waals surface area contributed by atoms with Crippen LogP contribution in [0.25, 0.3) is 0 Å². The second kappa shape index (κ2) is 24.2. The maximum absolute atomic E-state index is 12.5. The van der Waals surface area contributed by atoms with Crippen LogP contribution in [0.1, 0.15) is 92.9 Å². The number of alkyl carbamates (subject to hydrolysis) is 2. The Morgan fingerprint density at radius 2 is 1.07 bits per heavy atom. The van der Waals surface area contributed by atoms with E-state index in [9.17, 15) is 14.4 Å². The molecule has 0 saturated carbocycles. The molecule has 0 aliphatic rings. The predicted octanol–water partition coefficient (Wildman–Crippen LogP) is 1.70. The highest BCUT2D eigenvalue weighted by Crippen LogP contribution is 2.08. The van der Waals surface area contributed by atoms with Gasteiger partial charge in [-0.2, -0.15) is 0 Å². The molecule has 0 unspecified atom stereocenters. The number of nitrogens with two attached hydrogens (primary N) is 2. The van der Waals surface area contributed by atoms with Crippen LogP contribution in [0.5, 0.6) is 0 Å². The van der Waals surface area contributed by atoms with Gasteiger partial charge in [0, 0.05) is 19.1 Å².